The summed E-state index contributed by atoms with van der Waals surface area (Å²) in [5.41, 5.74) is 8.10. The van der Waals surface area contributed by atoms with Gasteiger partial charge in [-0.1, -0.05) is 25.1 Å². The maximum absolute atomic E-state index is 13.2. The third-order valence-corrected chi connectivity index (χ3v) is 3.81. The summed E-state index contributed by atoms with van der Waals surface area (Å²) in [4.78, 5) is 0. The van der Waals surface area contributed by atoms with Crippen molar-refractivity contribution in [2.45, 2.75) is 25.8 Å². The van der Waals surface area contributed by atoms with E-state index in [9.17, 15) is 4.39 Å². The standard InChI is InChI=1S/C17H19BrFNO/c1-2-8-21-17-7-6-13(11-15(17)18)16(20)10-12-4-3-5-14(19)9-12/h3-7,9,11,16H,2,8,10,20H2,1H3. The zero-order chi connectivity index (χ0) is 15.2. The van der Waals surface area contributed by atoms with Gasteiger partial charge in [0, 0.05) is 6.04 Å². The van der Waals surface area contributed by atoms with Gasteiger partial charge in [-0.3, -0.25) is 0 Å². The molecular formula is C17H19BrFNO. The quantitative estimate of drug-likeness (QED) is 0.823. The zero-order valence-electron chi connectivity index (χ0n) is 12.0. The van der Waals surface area contributed by atoms with Gasteiger partial charge >= 0.3 is 0 Å². The van der Waals surface area contributed by atoms with Crippen molar-refractivity contribution in [1.29, 1.82) is 0 Å². The van der Waals surface area contributed by atoms with Crippen LogP contribution in [0.25, 0.3) is 0 Å². The highest BCUT2D eigenvalue weighted by Crippen LogP contribution is 2.29. The summed E-state index contributed by atoms with van der Waals surface area (Å²) in [5, 5.41) is 0. The van der Waals surface area contributed by atoms with Gasteiger partial charge in [-0.15, -0.1) is 0 Å². The van der Waals surface area contributed by atoms with E-state index in [1.807, 2.05) is 24.3 Å². The predicted octanol–water partition coefficient (Wildman–Crippen LogP) is 4.62. The monoisotopic (exact) mass is 351 g/mol. The van der Waals surface area contributed by atoms with E-state index in [1.54, 1.807) is 6.07 Å². The van der Waals surface area contributed by atoms with Gasteiger partial charge in [0.2, 0.25) is 0 Å². The highest BCUT2D eigenvalue weighted by atomic mass is 79.9. The zero-order valence-corrected chi connectivity index (χ0v) is 13.6. The van der Waals surface area contributed by atoms with Crippen molar-refractivity contribution in [2.24, 2.45) is 5.73 Å². The van der Waals surface area contributed by atoms with E-state index in [0.29, 0.717) is 13.0 Å². The lowest BCUT2D eigenvalue weighted by Gasteiger charge is -2.14. The maximum atomic E-state index is 13.2. The lowest BCUT2D eigenvalue weighted by atomic mass is 9.99. The second kappa shape index (κ2) is 7.57. The minimum atomic E-state index is -0.232. The van der Waals surface area contributed by atoms with Crippen LogP contribution in [0.5, 0.6) is 5.75 Å². The number of hydrogen-bond acceptors (Lipinski definition) is 2. The lowest BCUT2D eigenvalue weighted by Crippen LogP contribution is -2.13. The number of nitrogens with two attached hydrogens (primary N) is 1. The Hall–Kier alpha value is -1.39. The van der Waals surface area contributed by atoms with E-state index in [0.717, 1.165) is 27.8 Å². The van der Waals surface area contributed by atoms with Crippen LogP contribution in [0.15, 0.2) is 46.9 Å². The third-order valence-electron chi connectivity index (χ3n) is 3.19. The molecule has 2 nitrogen and oxygen atoms in total. The molecule has 0 spiro atoms. The Balaban J connectivity index is 2.08. The molecule has 0 heterocycles. The molecule has 2 aromatic carbocycles. The molecule has 0 saturated heterocycles. The Labute approximate surface area is 133 Å². The van der Waals surface area contributed by atoms with Crippen LogP contribution >= 0.6 is 15.9 Å². The summed E-state index contributed by atoms with van der Waals surface area (Å²) >= 11 is 3.50. The summed E-state index contributed by atoms with van der Waals surface area (Å²) in [6.07, 6.45) is 1.56. The first kappa shape index (κ1) is 16.0. The van der Waals surface area contributed by atoms with Crippen LogP contribution in [-0.4, -0.2) is 6.61 Å². The second-order valence-corrected chi connectivity index (χ2v) is 5.83. The van der Waals surface area contributed by atoms with E-state index in [4.69, 9.17) is 10.5 Å². The average Bonchev–Trinajstić information content (AvgIpc) is 2.46. The van der Waals surface area contributed by atoms with Crippen LogP contribution < -0.4 is 10.5 Å². The molecule has 0 bridgehead atoms. The molecule has 0 radical (unpaired) electrons. The molecule has 112 valence electrons. The van der Waals surface area contributed by atoms with Crippen molar-refractivity contribution in [2.75, 3.05) is 6.61 Å². The van der Waals surface area contributed by atoms with Crippen molar-refractivity contribution in [1.82, 2.24) is 0 Å². The summed E-state index contributed by atoms with van der Waals surface area (Å²) in [5.74, 6) is 0.586. The van der Waals surface area contributed by atoms with Crippen LogP contribution in [0.4, 0.5) is 4.39 Å². The Morgan fingerprint density at radius 1 is 1.24 bits per heavy atom. The Morgan fingerprint density at radius 2 is 2.05 bits per heavy atom. The number of halogens is 2. The van der Waals surface area contributed by atoms with Gasteiger partial charge < -0.3 is 10.5 Å². The summed E-state index contributed by atoms with van der Waals surface area (Å²) in [6.45, 7) is 2.75. The summed E-state index contributed by atoms with van der Waals surface area (Å²) in [6, 6.07) is 12.2. The number of benzene rings is 2. The van der Waals surface area contributed by atoms with E-state index in [2.05, 4.69) is 22.9 Å². The van der Waals surface area contributed by atoms with Crippen LogP contribution in [-0.2, 0) is 6.42 Å². The van der Waals surface area contributed by atoms with Crippen molar-refractivity contribution in [3.05, 3.63) is 63.9 Å². The van der Waals surface area contributed by atoms with Crippen LogP contribution in [0.2, 0.25) is 0 Å². The van der Waals surface area contributed by atoms with Gasteiger partial charge in [-0.25, -0.2) is 4.39 Å². The fourth-order valence-electron chi connectivity index (χ4n) is 2.11. The molecule has 0 amide bonds. The minimum Gasteiger partial charge on any atom is -0.492 e. The van der Waals surface area contributed by atoms with E-state index < -0.39 is 0 Å². The molecule has 0 aliphatic rings. The molecular weight excluding hydrogens is 333 g/mol. The topological polar surface area (TPSA) is 35.2 Å². The van der Waals surface area contributed by atoms with Crippen LogP contribution in [0.3, 0.4) is 0 Å². The van der Waals surface area contributed by atoms with Gasteiger partial charge in [0.15, 0.2) is 0 Å². The van der Waals surface area contributed by atoms with Crippen LogP contribution in [0, 0.1) is 5.82 Å². The van der Waals surface area contributed by atoms with Crippen molar-refractivity contribution in [3.63, 3.8) is 0 Å². The molecule has 0 aromatic heterocycles. The predicted molar refractivity (Wildman–Crippen MR) is 87.0 cm³/mol. The smallest absolute Gasteiger partial charge is 0.133 e. The van der Waals surface area contributed by atoms with Gasteiger partial charge in [-0.2, -0.15) is 0 Å². The highest BCUT2D eigenvalue weighted by molar-refractivity contribution is 9.10. The first-order valence-electron chi connectivity index (χ1n) is 7.02. The Bertz CT molecular complexity index is 603. The molecule has 4 heteroatoms. The van der Waals surface area contributed by atoms with Gasteiger partial charge in [0.05, 0.1) is 11.1 Å². The number of ether oxygens (including phenoxy) is 1. The largest absolute Gasteiger partial charge is 0.492 e. The molecule has 1 unspecified atom stereocenters. The molecule has 2 N–H and O–H groups in total. The maximum Gasteiger partial charge on any atom is 0.133 e. The lowest BCUT2D eigenvalue weighted by molar-refractivity contribution is 0.315. The molecule has 1 atom stereocenters. The van der Waals surface area contributed by atoms with E-state index in [-0.39, 0.29) is 11.9 Å². The van der Waals surface area contributed by atoms with Gasteiger partial charge in [-0.05, 0) is 64.2 Å². The number of rotatable bonds is 6. The van der Waals surface area contributed by atoms with E-state index in [1.165, 1.54) is 12.1 Å². The molecule has 2 aromatic rings. The Kier molecular flexibility index (Phi) is 5.76. The van der Waals surface area contributed by atoms with Crippen LogP contribution in [0.1, 0.15) is 30.5 Å². The SMILES string of the molecule is CCCOc1ccc(C(N)Cc2cccc(F)c2)cc1Br. The summed E-state index contributed by atoms with van der Waals surface area (Å²) < 4.78 is 19.7. The highest BCUT2D eigenvalue weighted by Gasteiger charge is 2.10. The van der Waals surface area contributed by atoms with Crippen molar-refractivity contribution in [3.8, 4) is 5.75 Å². The normalized spacial score (nSPS) is 12.2. The van der Waals surface area contributed by atoms with Crippen molar-refractivity contribution < 1.29 is 9.13 Å². The first-order chi connectivity index (χ1) is 10.1. The van der Waals surface area contributed by atoms with Crippen molar-refractivity contribution >= 4 is 15.9 Å². The first-order valence-corrected chi connectivity index (χ1v) is 7.81. The minimum absolute atomic E-state index is 0.177. The van der Waals surface area contributed by atoms with Gasteiger partial charge in [0.25, 0.3) is 0 Å². The summed E-state index contributed by atoms with van der Waals surface area (Å²) in [7, 11) is 0. The van der Waals surface area contributed by atoms with Gasteiger partial charge in [0.1, 0.15) is 11.6 Å². The molecule has 0 saturated carbocycles. The molecule has 0 aliphatic heterocycles. The Morgan fingerprint density at radius 3 is 2.71 bits per heavy atom. The fourth-order valence-corrected chi connectivity index (χ4v) is 2.62. The van der Waals surface area contributed by atoms with E-state index >= 15 is 0 Å². The second-order valence-electron chi connectivity index (χ2n) is 4.98. The average molecular weight is 352 g/mol. The third kappa shape index (κ3) is 4.55. The molecule has 0 fully saturated rings. The molecule has 2 rings (SSSR count). The molecule has 21 heavy (non-hydrogen) atoms. The fraction of sp³-hybridized carbons (Fsp3) is 0.294. The number of hydrogen-bond donors (Lipinski definition) is 1. The molecule has 0 aliphatic carbocycles.